The maximum Gasteiger partial charge on any atom is 0.240 e. The van der Waals surface area contributed by atoms with E-state index in [0.29, 0.717) is 22.6 Å². The number of hydrogen-bond donors (Lipinski definition) is 2. The van der Waals surface area contributed by atoms with E-state index < -0.39 is 10.0 Å². The third-order valence-electron chi connectivity index (χ3n) is 2.05. The molecule has 17 heavy (non-hydrogen) atoms. The minimum absolute atomic E-state index is 0.199. The van der Waals surface area contributed by atoms with E-state index in [0.717, 1.165) is 6.54 Å². The van der Waals surface area contributed by atoms with Crippen LogP contribution in [-0.4, -0.2) is 28.1 Å². The zero-order chi connectivity index (χ0) is 12.9. The van der Waals surface area contributed by atoms with Gasteiger partial charge in [-0.05, 0) is 40.7 Å². The fourth-order valence-electron chi connectivity index (χ4n) is 1.18. The van der Waals surface area contributed by atoms with Crippen molar-refractivity contribution in [2.45, 2.75) is 11.8 Å². The van der Waals surface area contributed by atoms with Gasteiger partial charge in [-0.25, -0.2) is 13.1 Å². The molecular weight excluding hydrogens is 328 g/mol. The van der Waals surface area contributed by atoms with Crippen LogP contribution < -0.4 is 10.0 Å². The Kier molecular flexibility index (Phi) is 5.88. The lowest BCUT2D eigenvalue weighted by molar-refractivity contribution is 0.577. The summed E-state index contributed by atoms with van der Waals surface area (Å²) >= 11 is 9.00. The summed E-state index contributed by atoms with van der Waals surface area (Å²) in [5.74, 6) is 0. The first kappa shape index (κ1) is 14.9. The molecule has 0 aromatic heterocycles. The molecule has 1 aromatic rings. The molecule has 0 radical (unpaired) electrons. The van der Waals surface area contributed by atoms with Crippen LogP contribution >= 0.6 is 27.5 Å². The Balaban J connectivity index is 2.72. The van der Waals surface area contributed by atoms with Crippen molar-refractivity contribution < 1.29 is 8.42 Å². The molecule has 0 saturated heterocycles. The Labute approximate surface area is 115 Å². The van der Waals surface area contributed by atoms with E-state index in [9.17, 15) is 8.42 Å². The highest BCUT2D eigenvalue weighted by Crippen LogP contribution is 2.25. The second-order valence-corrected chi connectivity index (χ2v) is 6.36. The van der Waals surface area contributed by atoms with Gasteiger partial charge in [0, 0.05) is 17.6 Å². The van der Waals surface area contributed by atoms with Crippen LogP contribution in [0.5, 0.6) is 0 Å². The predicted molar refractivity (Wildman–Crippen MR) is 72.9 cm³/mol. The predicted octanol–water partition coefficient (Wildman–Crippen LogP) is 1.99. The first-order valence-electron chi connectivity index (χ1n) is 5.13. The average Bonchev–Trinajstić information content (AvgIpc) is 2.28. The summed E-state index contributed by atoms with van der Waals surface area (Å²) in [6.45, 7) is 3.74. The van der Waals surface area contributed by atoms with Crippen LogP contribution in [0.1, 0.15) is 6.92 Å². The van der Waals surface area contributed by atoms with Crippen LogP contribution in [-0.2, 0) is 10.0 Å². The second kappa shape index (κ2) is 6.70. The van der Waals surface area contributed by atoms with Gasteiger partial charge >= 0.3 is 0 Å². The van der Waals surface area contributed by atoms with Gasteiger partial charge in [-0.2, -0.15) is 0 Å². The number of benzene rings is 1. The normalized spacial score (nSPS) is 11.7. The molecule has 0 heterocycles. The fourth-order valence-corrected chi connectivity index (χ4v) is 2.88. The molecule has 7 heteroatoms. The lowest BCUT2D eigenvalue weighted by Gasteiger charge is -2.07. The molecule has 1 rings (SSSR count). The topological polar surface area (TPSA) is 58.2 Å². The van der Waals surface area contributed by atoms with Crippen LogP contribution in [0.25, 0.3) is 0 Å². The average molecular weight is 342 g/mol. The maximum atomic E-state index is 11.9. The number of sulfonamides is 1. The third kappa shape index (κ3) is 4.56. The van der Waals surface area contributed by atoms with Crippen molar-refractivity contribution in [1.29, 1.82) is 0 Å². The van der Waals surface area contributed by atoms with Crippen molar-refractivity contribution in [3.63, 3.8) is 0 Å². The van der Waals surface area contributed by atoms with Crippen LogP contribution in [0, 0.1) is 0 Å². The standard InChI is InChI=1S/C10H14BrClN2O2S/c1-2-13-5-6-14-17(15,16)8-3-4-10(12)9(11)7-8/h3-4,7,13-14H,2,5-6H2,1H3. The summed E-state index contributed by atoms with van der Waals surface area (Å²) in [5, 5.41) is 3.52. The van der Waals surface area contributed by atoms with E-state index in [2.05, 4.69) is 26.0 Å². The number of nitrogens with one attached hydrogen (secondary N) is 2. The van der Waals surface area contributed by atoms with Crippen LogP contribution in [0.15, 0.2) is 27.6 Å². The van der Waals surface area contributed by atoms with Crippen LogP contribution in [0.2, 0.25) is 5.02 Å². The molecule has 2 N–H and O–H groups in total. The Bertz CT molecular complexity index is 479. The van der Waals surface area contributed by atoms with Gasteiger partial charge in [-0.15, -0.1) is 0 Å². The highest BCUT2D eigenvalue weighted by atomic mass is 79.9. The van der Waals surface area contributed by atoms with E-state index in [1.165, 1.54) is 12.1 Å². The molecule has 0 unspecified atom stereocenters. The highest BCUT2D eigenvalue weighted by Gasteiger charge is 2.14. The highest BCUT2D eigenvalue weighted by molar-refractivity contribution is 9.10. The van der Waals surface area contributed by atoms with E-state index >= 15 is 0 Å². The lowest BCUT2D eigenvalue weighted by Crippen LogP contribution is -2.31. The second-order valence-electron chi connectivity index (χ2n) is 3.33. The van der Waals surface area contributed by atoms with E-state index in [1.807, 2.05) is 6.92 Å². The molecule has 4 nitrogen and oxygen atoms in total. The minimum Gasteiger partial charge on any atom is -0.316 e. The lowest BCUT2D eigenvalue weighted by atomic mass is 10.4. The first-order valence-corrected chi connectivity index (χ1v) is 7.78. The summed E-state index contributed by atoms with van der Waals surface area (Å²) in [7, 11) is -3.46. The fraction of sp³-hybridized carbons (Fsp3) is 0.400. The number of rotatable bonds is 6. The SMILES string of the molecule is CCNCCNS(=O)(=O)c1ccc(Cl)c(Br)c1. The first-order chi connectivity index (χ1) is 7.97. The van der Waals surface area contributed by atoms with Crippen molar-refractivity contribution in [3.8, 4) is 0 Å². The summed E-state index contributed by atoms with van der Waals surface area (Å²) in [6.07, 6.45) is 0. The summed E-state index contributed by atoms with van der Waals surface area (Å²) in [6, 6.07) is 4.51. The van der Waals surface area contributed by atoms with Crippen molar-refractivity contribution in [2.75, 3.05) is 19.6 Å². The van der Waals surface area contributed by atoms with Gasteiger partial charge in [0.05, 0.1) is 9.92 Å². The molecule has 96 valence electrons. The monoisotopic (exact) mass is 340 g/mol. The van der Waals surface area contributed by atoms with Gasteiger partial charge in [0.25, 0.3) is 0 Å². The molecule has 0 spiro atoms. The molecule has 0 atom stereocenters. The Morgan fingerprint density at radius 2 is 2.06 bits per heavy atom. The van der Waals surface area contributed by atoms with Crippen molar-refractivity contribution in [2.24, 2.45) is 0 Å². The Morgan fingerprint density at radius 3 is 2.65 bits per heavy atom. The molecule has 0 amide bonds. The molecule has 0 aliphatic rings. The zero-order valence-electron chi connectivity index (χ0n) is 9.33. The molecule has 0 aliphatic heterocycles. The van der Waals surface area contributed by atoms with Gasteiger partial charge in [0.1, 0.15) is 0 Å². The molecule has 0 bridgehead atoms. The van der Waals surface area contributed by atoms with Crippen molar-refractivity contribution in [1.82, 2.24) is 10.0 Å². The van der Waals surface area contributed by atoms with Gasteiger partial charge in [-0.1, -0.05) is 18.5 Å². The maximum absolute atomic E-state index is 11.9. The molecule has 0 saturated carbocycles. The van der Waals surface area contributed by atoms with Gasteiger partial charge in [0.15, 0.2) is 0 Å². The summed E-state index contributed by atoms with van der Waals surface area (Å²) < 4.78 is 26.8. The molecular formula is C10H14BrClN2O2S. The smallest absolute Gasteiger partial charge is 0.240 e. The van der Waals surface area contributed by atoms with E-state index in [-0.39, 0.29) is 4.90 Å². The largest absolute Gasteiger partial charge is 0.316 e. The van der Waals surface area contributed by atoms with Crippen LogP contribution in [0.3, 0.4) is 0 Å². The number of hydrogen-bond acceptors (Lipinski definition) is 3. The van der Waals surface area contributed by atoms with Gasteiger partial charge in [-0.3, -0.25) is 0 Å². The van der Waals surface area contributed by atoms with Gasteiger partial charge < -0.3 is 5.32 Å². The summed E-state index contributed by atoms with van der Waals surface area (Å²) in [5.41, 5.74) is 0. The van der Waals surface area contributed by atoms with Crippen molar-refractivity contribution in [3.05, 3.63) is 27.7 Å². The Hall–Kier alpha value is -0.140. The number of halogens is 2. The minimum atomic E-state index is -3.46. The third-order valence-corrected chi connectivity index (χ3v) is 4.72. The van der Waals surface area contributed by atoms with Gasteiger partial charge in [0.2, 0.25) is 10.0 Å². The number of likely N-dealkylation sites (N-methyl/N-ethyl adjacent to an activating group) is 1. The molecule has 0 fully saturated rings. The van der Waals surface area contributed by atoms with Crippen LogP contribution in [0.4, 0.5) is 0 Å². The molecule has 1 aromatic carbocycles. The van der Waals surface area contributed by atoms with E-state index in [4.69, 9.17) is 11.6 Å². The van der Waals surface area contributed by atoms with E-state index in [1.54, 1.807) is 6.07 Å². The zero-order valence-corrected chi connectivity index (χ0v) is 12.5. The Morgan fingerprint density at radius 1 is 1.35 bits per heavy atom. The quantitative estimate of drug-likeness (QED) is 0.778. The van der Waals surface area contributed by atoms with Crippen molar-refractivity contribution >= 4 is 37.6 Å². The molecule has 0 aliphatic carbocycles. The summed E-state index contributed by atoms with van der Waals surface area (Å²) in [4.78, 5) is 0.199.